The zero-order valence-corrected chi connectivity index (χ0v) is 17.8. The first kappa shape index (κ1) is 19.6. The third kappa shape index (κ3) is 3.79. The van der Waals surface area contributed by atoms with E-state index in [-0.39, 0.29) is 23.3 Å². The molecule has 0 aliphatic heterocycles. The van der Waals surface area contributed by atoms with E-state index in [0.29, 0.717) is 24.4 Å². The second kappa shape index (κ2) is 7.63. The van der Waals surface area contributed by atoms with Gasteiger partial charge in [0, 0.05) is 23.7 Å². The van der Waals surface area contributed by atoms with Crippen LogP contribution in [0, 0.1) is 18.3 Å². The SMILES string of the molecule is Cc1ccsc1CC(=O)NCC1CC(NC(=O)c2cccn3nccc23)C1(C)C. The molecule has 1 aliphatic rings. The third-order valence-electron chi connectivity index (χ3n) is 6.29. The molecule has 3 aromatic rings. The summed E-state index contributed by atoms with van der Waals surface area (Å²) in [6.07, 6.45) is 4.82. The molecule has 0 bridgehead atoms. The molecule has 1 aliphatic carbocycles. The van der Waals surface area contributed by atoms with Crippen molar-refractivity contribution in [2.75, 3.05) is 6.54 Å². The molecular weight excluding hydrogens is 384 g/mol. The Bertz CT molecular complexity index is 1050. The summed E-state index contributed by atoms with van der Waals surface area (Å²) in [5.41, 5.74) is 2.52. The molecule has 6 nitrogen and oxygen atoms in total. The monoisotopic (exact) mass is 410 g/mol. The summed E-state index contributed by atoms with van der Waals surface area (Å²) in [5, 5.41) is 12.5. The lowest BCUT2D eigenvalue weighted by molar-refractivity contribution is -0.121. The minimum atomic E-state index is -0.0789. The van der Waals surface area contributed by atoms with E-state index in [2.05, 4.69) is 29.6 Å². The molecule has 0 saturated heterocycles. The maximum absolute atomic E-state index is 12.8. The first-order valence-corrected chi connectivity index (χ1v) is 10.8. The molecule has 3 aromatic heterocycles. The minimum Gasteiger partial charge on any atom is -0.355 e. The first-order chi connectivity index (χ1) is 13.9. The van der Waals surface area contributed by atoms with Crippen LogP contribution in [0.4, 0.5) is 0 Å². The number of aryl methyl sites for hydroxylation is 1. The topological polar surface area (TPSA) is 75.5 Å². The molecule has 0 spiro atoms. The Hall–Kier alpha value is -2.67. The Morgan fingerprint density at radius 2 is 2.14 bits per heavy atom. The number of rotatable bonds is 6. The summed E-state index contributed by atoms with van der Waals surface area (Å²) < 4.78 is 1.70. The highest BCUT2D eigenvalue weighted by molar-refractivity contribution is 7.10. The first-order valence-electron chi connectivity index (χ1n) is 9.89. The minimum absolute atomic E-state index is 0.0613. The van der Waals surface area contributed by atoms with Crippen molar-refractivity contribution >= 4 is 28.7 Å². The molecule has 2 N–H and O–H groups in total. The third-order valence-corrected chi connectivity index (χ3v) is 7.31. The fraction of sp³-hybridized carbons (Fsp3) is 0.409. The molecule has 2 unspecified atom stereocenters. The van der Waals surface area contributed by atoms with E-state index in [1.165, 1.54) is 5.56 Å². The second-order valence-corrected chi connectivity index (χ2v) is 9.37. The molecule has 29 heavy (non-hydrogen) atoms. The van der Waals surface area contributed by atoms with E-state index >= 15 is 0 Å². The number of hydrogen-bond donors (Lipinski definition) is 2. The van der Waals surface area contributed by atoms with Crippen LogP contribution in [0.3, 0.4) is 0 Å². The van der Waals surface area contributed by atoms with Crippen molar-refractivity contribution in [3.8, 4) is 0 Å². The summed E-state index contributed by atoms with van der Waals surface area (Å²) >= 11 is 1.62. The Morgan fingerprint density at radius 1 is 1.31 bits per heavy atom. The molecular formula is C22H26N4O2S. The lowest BCUT2D eigenvalue weighted by Crippen LogP contribution is -2.60. The van der Waals surface area contributed by atoms with Crippen LogP contribution in [0.15, 0.2) is 42.0 Å². The van der Waals surface area contributed by atoms with Gasteiger partial charge in [0.2, 0.25) is 5.91 Å². The Kier molecular flexibility index (Phi) is 5.17. The summed E-state index contributed by atoms with van der Waals surface area (Å²) in [6, 6.07) is 7.62. The maximum Gasteiger partial charge on any atom is 0.253 e. The largest absolute Gasteiger partial charge is 0.355 e. The van der Waals surface area contributed by atoms with Crippen molar-refractivity contribution in [2.45, 2.75) is 39.7 Å². The summed E-state index contributed by atoms with van der Waals surface area (Å²) in [7, 11) is 0. The summed E-state index contributed by atoms with van der Waals surface area (Å²) in [4.78, 5) is 26.2. The van der Waals surface area contributed by atoms with Gasteiger partial charge in [-0.2, -0.15) is 5.10 Å². The van der Waals surface area contributed by atoms with Gasteiger partial charge in [-0.3, -0.25) is 9.59 Å². The molecule has 2 atom stereocenters. The highest BCUT2D eigenvalue weighted by Gasteiger charge is 2.48. The van der Waals surface area contributed by atoms with Crippen molar-refractivity contribution in [2.24, 2.45) is 11.3 Å². The maximum atomic E-state index is 12.8. The van der Waals surface area contributed by atoms with Crippen LogP contribution in [-0.2, 0) is 11.2 Å². The summed E-state index contributed by atoms with van der Waals surface area (Å²) in [5.74, 6) is 0.322. The number of aromatic nitrogens is 2. The van der Waals surface area contributed by atoms with Crippen LogP contribution < -0.4 is 10.6 Å². The number of nitrogens with one attached hydrogen (secondary N) is 2. The van der Waals surface area contributed by atoms with Gasteiger partial charge in [-0.15, -0.1) is 11.3 Å². The van der Waals surface area contributed by atoms with Crippen molar-refractivity contribution < 1.29 is 9.59 Å². The molecule has 0 aromatic carbocycles. The predicted octanol–water partition coefficient (Wildman–Crippen LogP) is 3.21. The number of pyridine rings is 1. The fourth-order valence-corrected chi connectivity index (χ4v) is 4.92. The number of fused-ring (bicyclic) bond motifs is 1. The quantitative estimate of drug-likeness (QED) is 0.655. The smallest absolute Gasteiger partial charge is 0.253 e. The number of carbonyl (C=O) groups excluding carboxylic acids is 2. The zero-order valence-electron chi connectivity index (χ0n) is 16.9. The molecule has 152 valence electrons. The van der Waals surface area contributed by atoms with Crippen molar-refractivity contribution in [3.63, 3.8) is 0 Å². The standard InChI is InChI=1S/C22H26N4O2S/c1-14-7-10-29-18(14)12-20(27)23-13-15-11-19(22(15,2)3)25-21(28)16-5-4-9-26-17(16)6-8-24-26/h4-10,15,19H,11-13H2,1-3H3,(H,23,27)(H,25,28). The lowest BCUT2D eigenvalue weighted by Gasteiger charge is -2.52. The van der Waals surface area contributed by atoms with Gasteiger partial charge in [-0.1, -0.05) is 13.8 Å². The lowest BCUT2D eigenvalue weighted by atomic mass is 9.58. The van der Waals surface area contributed by atoms with Gasteiger partial charge in [0.15, 0.2) is 0 Å². The molecule has 2 amide bonds. The van der Waals surface area contributed by atoms with Gasteiger partial charge < -0.3 is 10.6 Å². The predicted molar refractivity (Wildman–Crippen MR) is 114 cm³/mol. The van der Waals surface area contributed by atoms with Crippen molar-refractivity contribution in [1.82, 2.24) is 20.2 Å². The van der Waals surface area contributed by atoms with E-state index in [1.54, 1.807) is 22.0 Å². The van der Waals surface area contributed by atoms with Crippen LogP contribution in [0.5, 0.6) is 0 Å². The normalized spacial score (nSPS) is 20.2. The van der Waals surface area contributed by atoms with E-state index in [9.17, 15) is 9.59 Å². The highest BCUT2D eigenvalue weighted by Crippen LogP contribution is 2.46. The van der Waals surface area contributed by atoms with Crippen LogP contribution in [0.2, 0.25) is 0 Å². The van der Waals surface area contributed by atoms with Gasteiger partial charge in [0.1, 0.15) is 0 Å². The Labute approximate surface area is 174 Å². The van der Waals surface area contributed by atoms with E-state index in [1.807, 2.05) is 42.8 Å². The van der Waals surface area contributed by atoms with Gasteiger partial charge in [-0.25, -0.2) is 4.52 Å². The Morgan fingerprint density at radius 3 is 2.86 bits per heavy atom. The molecule has 4 rings (SSSR count). The highest BCUT2D eigenvalue weighted by atomic mass is 32.1. The van der Waals surface area contributed by atoms with Crippen LogP contribution in [0.1, 0.15) is 41.1 Å². The van der Waals surface area contributed by atoms with Crippen LogP contribution >= 0.6 is 11.3 Å². The van der Waals surface area contributed by atoms with E-state index in [0.717, 1.165) is 16.8 Å². The molecule has 0 radical (unpaired) electrons. The van der Waals surface area contributed by atoms with E-state index < -0.39 is 0 Å². The number of amides is 2. The fourth-order valence-electron chi connectivity index (χ4n) is 4.02. The molecule has 3 heterocycles. The van der Waals surface area contributed by atoms with Crippen molar-refractivity contribution in [1.29, 1.82) is 0 Å². The number of nitrogens with zero attached hydrogens (tertiary/aromatic N) is 2. The van der Waals surface area contributed by atoms with Gasteiger partial charge in [-0.05, 0) is 59.9 Å². The van der Waals surface area contributed by atoms with Crippen LogP contribution in [0.25, 0.3) is 5.52 Å². The van der Waals surface area contributed by atoms with Gasteiger partial charge >= 0.3 is 0 Å². The van der Waals surface area contributed by atoms with Crippen LogP contribution in [-0.4, -0.2) is 34.0 Å². The molecule has 1 fully saturated rings. The van der Waals surface area contributed by atoms with Crippen molar-refractivity contribution in [3.05, 3.63) is 58.0 Å². The van der Waals surface area contributed by atoms with E-state index in [4.69, 9.17) is 0 Å². The number of hydrogen-bond acceptors (Lipinski definition) is 4. The molecule has 1 saturated carbocycles. The average Bonchev–Trinajstić information content (AvgIpc) is 3.32. The Balaban J connectivity index is 1.31. The average molecular weight is 411 g/mol. The number of carbonyl (C=O) groups is 2. The second-order valence-electron chi connectivity index (χ2n) is 8.37. The zero-order chi connectivity index (χ0) is 20.6. The number of thiophene rings is 1. The summed E-state index contributed by atoms with van der Waals surface area (Å²) in [6.45, 7) is 6.98. The van der Waals surface area contributed by atoms with Gasteiger partial charge in [0.25, 0.3) is 5.91 Å². The van der Waals surface area contributed by atoms with Gasteiger partial charge in [0.05, 0.1) is 23.7 Å². The molecule has 7 heteroatoms.